The molecule has 16 heavy (non-hydrogen) atoms. The summed E-state index contributed by atoms with van der Waals surface area (Å²) < 4.78 is 5.43. The van der Waals surface area contributed by atoms with Crippen LogP contribution >= 0.6 is 0 Å². The van der Waals surface area contributed by atoms with E-state index >= 15 is 0 Å². The molecule has 2 unspecified atom stereocenters. The van der Waals surface area contributed by atoms with E-state index in [4.69, 9.17) is 4.42 Å². The quantitative estimate of drug-likeness (QED) is 0.783. The van der Waals surface area contributed by atoms with Crippen molar-refractivity contribution in [3.63, 3.8) is 0 Å². The topological polar surface area (TPSA) is 25.2 Å². The van der Waals surface area contributed by atoms with E-state index in [-0.39, 0.29) is 0 Å². The maximum Gasteiger partial charge on any atom is 0.120 e. The summed E-state index contributed by atoms with van der Waals surface area (Å²) in [7, 11) is 0. The molecule has 1 aromatic heterocycles. The molecule has 0 aliphatic heterocycles. The minimum absolute atomic E-state index is 0.341. The maximum atomic E-state index is 5.43. The Labute approximate surface area is 98.4 Å². The number of rotatable bonds is 3. The normalized spacial score (nSPS) is 28.6. The third-order valence-corrected chi connectivity index (χ3v) is 3.71. The van der Waals surface area contributed by atoms with Gasteiger partial charge in [0, 0.05) is 6.04 Å². The van der Waals surface area contributed by atoms with Gasteiger partial charge in [-0.15, -0.1) is 0 Å². The molecule has 90 valence electrons. The molecule has 0 saturated heterocycles. The minimum Gasteiger partial charge on any atom is -0.468 e. The van der Waals surface area contributed by atoms with E-state index in [9.17, 15) is 0 Å². The van der Waals surface area contributed by atoms with Crippen LogP contribution in [-0.4, -0.2) is 6.04 Å². The third-order valence-electron chi connectivity index (χ3n) is 3.71. The van der Waals surface area contributed by atoms with Crippen LogP contribution in [0.15, 0.2) is 22.8 Å². The van der Waals surface area contributed by atoms with Crippen molar-refractivity contribution < 1.29 is 4.42 Å². The van der Waals surface area contributed by atoms with Gasteiger partial charge in [0.1, 0.15) is 5.76 Å². The summed E-state index contributed by atoms with van der Waals surface area (Å²) in [5.74, 6) is 1.96. The molecule has 0 spiro atoms. The Balaban J connectivity index is 1.84. The maximum absolute atomic E-state index is 5.43. The zero-order valence-corrected chi connectivity index (χ0v) is 10.4. The van der Waals surface area contributed by atoms with Crippen molar-refractivity contribution >= 4 is 0 Å². The summed E-state index contributed by atoms with van der Waals surface area (Å²) in [5.41, 5.74) is 0. The van der Waals surface area contributed by atoms with E-state index in [1.54, 1.807) is 6.26 Å². The SMILES string of the molecule is CC1CCCC(N[C@H](C)c2ccco2)CC1. The number of nitrogens with one attached hydrogen (secondary N) is 1. The first-order valence-electron chi connectivity index (χ1n) is 6.55. The summed E-state index contributed by atoms with van der Waals surface area (Å²) in [5, 5.41) is 3.69. The lowest BCUT2D eigenvalue weighted by Crippen LogP contribution is -2.30. The minimum atomic E-state index is 0.341. The van der Waals surface area contributed by atoms with E-state index in [0.29, 0.717) is 12.1 Å². The fourth-order valence-electron chi connectivity index (χ4n) is 2.63. The molecule has 2 rings (SSSR count). The van der Waals surface area contributed by atoms with Crippen molar-refractivity contribution in [1.82, 2.24) is 5.32 Å². The molecule has 1 saturated carbocycles. The Kier molecular flexibility index (Phi) is 4.05. The predicted molar refractivity (Wildman–Crippen MR) is 66.3 cm³/mol. The van der Waals surface area contributed by atoms with Crippen LogP contribution in [0.3, 0.4) is 0 Å². The highest BCUT2D eigenvalue weighted by molar-refractivity contribution is 5.03. The van der Waals surface area contributed by atoms with Gasteiger partial charge in [-0.1, -0.05) is 19.8 Å². The molecule has 1 N–H and O–H groups in total. The average molecular weight is 221 g/mol. The van der Waals surface area contributed by atoms with Crippen LogP contribution in [0.25, 0.3) is 0 Å². The van der Waals surface area contributed by atoms with Crippen molar-refractivity contribution in [1.29, 1.82) is 0 Å². The van der Waals surface area contributed by atoms with E-state index < -0.39 is 0 Å². The Morgan fingerprint density at radius 3 is 2.94 bits per heavy atom. The van der Waals surface area contributed by atoms with Crippen LogP contribution in [0, 0.1) is 5.92 Å². The standard InChI is InChI=1S/C14H23NO/c1-11-5-3-6-13(9-8-11)15-12(2)14-7-4-10-16-14/h4,7,10-13,15H,3,5-6,8-9H2,1-2H3/t11?,12-,13?/m1/s1. The fourth-order valence-corrected chi connectivity index (χ4v) is 2.63. The second-order valence-corrected chi connectivity index (χ2v) is 5.21. The largest absolute Gasteiger partial charge is 0.468 e. The second kappa shape index (κ2) is 5.53. The lowest BCUT2D eigenvalue weighted by atomic mass is 10.0. The van der Waals surface area contributed by atoms with Crippen molar-refractivity contribution in [2.45, 2.75) is 58.0 Å². The van der Waals surface area contributed by atoms with Gasteiger partial charge in [0.2, 0.25) is 0 Å². The summed E-state index contributed by atoms with van der Waals surface area (Å²) in [4.78, 5) is 0. The van der Waals surface area contributed by atoms with E-state index in [1.807, 2.05) is 6.07 Å². The molecule has 0 bridgehead atoms. The van der Waals surface area contributed by atoms with Gasteiger partial charge in [0.25, 0.3) is 0 Å². The number of hydrogen-bond donors (Lipinski definition) is 1. The van der Waals surface area contributed by atoms with Gasteiger partial charge in [-0.05, 0) is 44.2 Å². The molecule has 1 aliphatic carbocycles. The molecule has 1 heterocycles. The van der Waals surface area contributed by atoms with Gasteiger partial charge in [0.05, 0.1) is 12.3 Å². The molecule has 0 amide bonds. The van der Waals surface area contributed by atoms with Crippen LogP contribution in [0.4, 0.5) is 0 Å². The predicted octanol–water partition coefficient (Wildman–Crippen LogP) is 3.90. The first-order valence-corrected chi connectivity index (χ1v) is 6.55. The van der Waals surface area contributed by atoms with Gasteiger partial charge in [-0.25, -0.2) is 0 Å². The van der Waals surface area contributed by atoms with Gasteiger partial charge in [0.15, 0.2) is 0 Å². The highest BCUT2D eigenvalue weighted by atomic mass is 16.3. The number of furan rings is 1. The fraction of sp³-hybridized carbons (Fsp3) is 0.714. The van der Waals surface area contributed by atoms with Crippen LogP contribution in [-0.2, 0) is 0 Å². The highest BCUT2D eigenvalue weighted by Gasteiger charge is 2.18. The van der Waals surface area contributed by atoms with Crippen LogP contribution in [0.2, 0.25) is 0 Å². The van der Waals surface area contributed by atoms with Gasteiger partial charge >= 0.3 is 0 Å². The Hall–Kier alpha value is -0.760. The van der Waals surface area contributed by atoms with E-state index in [0.717, 1.165) is 11.7 Å². The Morgan fingerprint density at radius 1 is 1.31 bits per heavy atom. The number of hydrogen-bond acceptors (Lipinski definition) is 2. The third kappa shape index (κ3) is 3.11. The van der Waals surface area contributed by atoms with Crippen molar-refractivity contribution in [3.05, 3.63) is 24.2 Å². The van der Waals surface area contributed by atoms with Crippen LogP contribution < -0.4 is 5.32 Å². The lowest BCUT2D eigenvalue weighted by molar-refractivity contribution is 0.364. The Morgan fingerprint density at radius 2 is 2.19 bits per heavy atom. The Bertz CT molecular complexity index is 294. The van der Waals surface area contributed by atoms with Crippen LogP contribution in [0.5, 0.6) is 0 Å². The molecule has 2 heteroatoms. The van der Waals surface area contributed by atoms with Gasteiger partial charge in [-0.2, -0.15) is 0 Å². The average Bonchev–Trinajstić information content (AvgIpc) is 2.72. The van der Waals surface area contributed by atoms with Crippen LogP contribution in [0.1, 0.15) is 57.8 Å². The molecule has 2 nitrogen and oxygen atoms in total. The second-order valence-electron chi connectivity index (χ2n) is 5.21. The van der Waals surface area contributed by atoms with Crippen molar-refractivity contribution in [2.24, 2.45) is 5.92 Å². The van der Waals surface area contributed by atoms with Gasteiger partial charge in [-0.3, -0.25) is 0 Å². The zero-order valence-electron chi connectivity index (χ0n) is 10.4. The molecular weight excluding hydrogens is 198 g/mol. The summed E-state index contributed by atoms with van der Waals surface area (Å²) in [6, 6.07) is 5.03. The van der Waals surface area contributed by atoms with Gasteiger partial charge < -0.3 is 9.73 Å². The zero-order chi connectivity index (χ0) is 11.4. The van der Waals surface area contributed by atoms with Crippen molar-refractivity contribution in [3.8, 4) is 0 Å². The van der Waals surface area contributed by atoms with E-state index in [1.165, 1.54) is 32.1 Å². The molecule has 1 aliphatic rings. The molecule has 3 atom stereocenters. The summed E-state index contributed by atoms with van der Waals surface area (Å²) in [6.45, 7) is 4.56. The lowest BCUT2D eigenvalue weighted by Gasteiger charge is -2.20. The first kappa shape index (κ1) is 11.7. The highest BCUT2D eigenvalue weighted by Crippen LogP contribution is 2.24. The molecule has 0 radical (unpaired) electrons. The first-order chi connectivity index (χ1) is 7.75. The molecule has 0 aromatic carbocycles. The molecule has 1 fully saturated rings. The van der Waals surface area contributed by atoms with E-state index in [2.05, 4.69) is 25.2 Å². The monoisotopic (exact) mass is 221 g/mol. The molecule has 1 aromatic rings. The van der Waals surface area contributed by atoms with Crippen molar-refractivity contribution in [2.75, 3.05) is 0 Å². The smallest absolute Gasteiger partial charge is 0.120 e. The summed E-state index contributed by atoms with van der Waals surface area (Å²) >= 11 is 0. The summed E-state index contributed by atoms with van der Waals surface area (Å²) in [6.07, 6.45) is 8.50. The molecular formula is C14H23NO.